The molecule has 0 saturated carbocycles. The van der Waals surface area contributed by atoms with Crippen LogP contribution in [-0.2, 0) is 4.79 Å². The van der Waals surface area contributed by atoms with E-state index in [0.29, 0.717) is 11.4 Å². The lowest BCUT2D eigenvalue weighted by Gasteiger charge is -2.02. The first kappa shape index (κ1) is 13.5. The van der Waals surface area contributed by atoms with Crippen molar-refractivity contribution < 1.29 is 9.21 Å². The predicted octanol–water partition coefficient (Wildman–Crippen LogP) is 1.57. The van der Waals surface area contributed by atoms with Gasteiger partial charge in [-0.15, -0.1) is 10.2 Å². The molecule has 8 heteroatoms. The SMILES string of the molecule is Cc1nc2ccccc2nc1-c1nnc(SCC(N)=O)o1. The molecule has 0 radical (unpaired) electrons. The number of primary amides is 1. The second-order valence-electron chi connectivity index (χ2n) is 4.27. The molecule has 0 unspecified atom stereocenters. The summed E-state index contributed by atoms with van der Waals surface area (Å²) in [5.74, 6) is -0.0801. The number of amides is 1. The van der Waals surface area contributed by atoms with Crippen LogP contribution in [0.25, 0.3) is 22.6 Å². The number of aryl methyl sites for hydroxylation is 1. The van der Waals surface area contributed by atoms with Gasteiger partial charge in [-0.2, -0.15) is 0 Å². The molecule has 3 aromatic rings. The minimum atomic E-state index is -0.443. The van der Waals surface area contributed by atoms with Gasteiger partial charge >= 0.3 is 0 Å². The van der Waals surface area contributed by atoms with Gasteiger partial charge < -0.3 is 10.2 Å². The number of rotatable bonds is 4. The van der Waals surface area contributed by atoms with Gasteiger partial charge in [-0.25, -0.2) is 9.97 Å². The number of carbonyl (C=O) groups excluding carboxylic acids is 1. The summed E-state index contributed by atoms with van der Waals surface area (Å²) in [6.45, 7) is 1.83. The van der Waals surface area contributed by atoms with Crippen molar-refractivity contribution in [1.29, 1.82) is 0 Å². The molecule has 0 spiro atoms. The summed E-state index contributed by atoms with van der Waals surface area (Å²) >= 11 is 1.09. The Morgan fingerprint density at radius 2 is 1.95 bits per heavy atom. The fourth-order valence-electron chi connectivity index (χ4n) is 1.79. The lowest BCUT2D eigenvalue weighted by atomic mass is 10.2. The predicted molar refractivity (Wildman–Crippen MR) is 77.5 cm³/mol. The van der Waals surface area contributed by atoms with E-state index < -0.39 is 5.91 Å². The van der Waals surface area contributed by atoms with Gasteiger partial charge in [0, 0.05) is 0 Å². The van der Waals surface area contributed by atoms with E-state index in [2.05, 4.69) is 20.2 Å². The van der Waals surface area contributed by atoms with Gasteiger partial charge in [0.25, 0.3) is 11.1 Å². The Labute approximate surface area is 124 Å². The third-order valence-electron chi connectivity index (χ3n) is 2.69. The molecule has 2 heterocycles. The van der Waals surface area contributed by atoms with Crippen molar-refractivity contribution in [2.45, 2.75) is 12.1 Å². The topological polar surface area (TPSA) is 108 Å². The molecule has 0 aliphatic rings. The largest absolute Gasteiger partial charge is 0.410 e. The number of thioether (sulfide) groups is 1. The van der Waals surface area contributed by atoms with Gasteiger partial charge in [-0.05, 0) is 19.1 Å². The van der Waals surface area contributed by atoms with Crippen LogP contribution in [0.2, 0.25) is 0 Å². The van der Waals surface area contributed by atoms with Crippen LogP contribution in [0.15, 0.2) is 33.9 Å². The van der Waals surface area contributed by atoms with Crippen LogP contribution in [-0.4, -0.2) is 31.8 Å². The Bertz CT molecular complexity index is 817. The Balaban J connectivity index is 1.96. The summed E-state index contributed by atoms with van der Waals surface area (Å²) in [5.41, 5.74) is 7.86. The highest BCUT2D eigenvalue weighted by molar-refractivity contribution is 7.99. The Morgan fingerprint density at radius 3 is 2.67 bits per heavy atom. The second-order valence-corrected chi connectivity index (χ2v) is 5.20. The van der Waals surface area contributed by atoms with Crippen LogP contribution in [0.4, 0.5) is 0 Å². The maximum Gasteiger partial charge on any atom is 0.277 e. The van der Waals surface area contributed by atoms with Crippen molar-refractivity contribution >= 4 is 28.7 Å². The average molecular weight is 301 g/mol. The maximum absolute atomic E-state index is 10.7. The highest BCUT2D eigenvalue weighted by Gasteiger charge is 2.15. The van der Waals surface area contributed by atoms with Crippen molar-refractivity contribution in [2.75, 3.05) is 5.75 Å². The van der Waals surface area contributed by atoms with Crippen LogP contribution >= 0.6 is 11.8 Å². The number of carbonyl (C=O) groups is 1. The normalized spacial score (nSPS) is 10.9. The first-order valence-electron chi connectivity index (χ1n) is 6.12. The number of nitrogens with zero attached hydrogens (tertiary/aromatic N) is 4. The van der Waals surface area contributed by atoms with E-state index in [0.717, 1.165) is 22.8 Å². The van der Waals surface area contributed by atoms with Crippen LogP contribution in [0.3, 0.4) is 0 Å². The molecule has 21 heavy (non-hydrogen) atoms. The van der Waals surface area contributed by atoms with E-state index in [1.54, 1.807) is 0 Å². The van der Waals surface area contributed by atoms with E-state index in [1.807, 2.05) is 31.2 Å². The molecule has 3 rings (SSSR count). The summed E-state index contributed by atoms with van der Waals surface area (Å²) < 4.78 is 5.48. The van der Waals surface area contributed by atoms with E-state index in [1.165, 1.54) is 0 Å². The maximum atomic E-state index is 10.7. The first-order chi connectivity index (χ1) is 10.1. The number of nitrogens with two attached hydrogens (primary N) is 1. The molecule has 0 saturated heterocycles. The van der Waals surface area contributed by atoms with E-state index >= 15 is 0 Å². The zero-order valence-corrected chi connectivity index (χ0v) is 11.9. The molecule has 0 fully saturated rings. The summed E-state index contributed by atoms with van der Waals surface area (Å²) in [6.07, 6.45) is 0. The van der Waals surface area contributed by atoms with Gasteiger partial charge in [0.1, 0.15) is 5.69 Å². The van der Waals surface area contributed by atoms with Crippen LogP contribution in [0.5, 0.6) is 0 Å². The molecule has 0 aliphatic heterocycles. The highest BCUT2D eigenvalue weighted by atomic mass is 32.2. The van der Waals surface area contributed by atoms with Crippen molar-refractivity contribution in [3.05, 3.63) is 30.0 Å². The van der Waals surface area contributed by atoms with Crippen molar-refractivity contribution in [3.63, 3.8) is 0 Å². The molecule has 0 atom stereocenters. The van der Waals surface area contributed by atoms with Gasteiger partial charge in [0.15, 0.2) is 0 Å². The molecule has 2 N–H and O–H groups in total. The van der Waals surface area contributed by atoms with Gasteiger partial charge in [0.05, 0.1) is 22.5 Å². The third kappa shape index (κ3) is 2.84. The molecule has 106 valence electrons. The summed E-state index contributed by atoms with van der Waals surface area (Å²) in [5, 5.41) is 8.07. The average Bonchev–Trinajstić information content (AvgIpc) is 2.93. The molecule has 7 nitrogen and oxygen atoms in total. The van der Waals surface area contributed by atoms with Crippen LogP contribution in [0.1, 0.15) is 5.69 Å². The monoisotopic (exact) mass is 301 g/mol. The lowest BCUT2D eigenvalue weighted by Crippen LogP contribution is -2.12. The number of fused-ring (bicyclic) bond motifs is 1. The molecule has 1 aromatic carbocycles. The van der Waals surface area contributed by atoms with E-state index in [4.69, 9.17) is 10.2 Å². The molecule has 0 bridgehead atoms. The first-order valence-corrected chi connectivity index (χ1v) is 7.10. The minimum absolute atomic E-state index is 0.0873. The Kier molecular flexibility index (Phi) is 3.53. The molecule has 0 aliphatic carbocycles. The second kappa shape index (κ2) is 5.49. The fourth-order valence-corrected chi connectivity index (χ4v) is 2.29. The minimum Gasteiger partial charge on any atom is -0.410 e. The lowest BCUT2D eigenvalue weighted by molar-refractivity contribution is -0.115. The number of hydrogen-bond acceptors (Lipinski definition) is 7. The standard InChI is InChI=1S/C13H11N5O2S/c1-7-11(16-9-5-3-2-4-8(9)15-7)12-17-18-13(20-12)21-6-10(14)19/h2-5H,6H2,1H3,(H2,14,19). The third-order valence-corrected chi connectivity index (χ3v) is 3.53. The molecule has 1 amide bonds. The van der Waals surface area contributed by atoms with Crippen molar-refractivity contribution in [2.24, 2.45) is 5.73 Å². The highest BCUT2D eigenvalue weighted by Crippen LogP contribution is 2.24. The Hall–Kier alpha value is -2.48. The molecular formula is C13H11N5O2S. The summed E-state index contributed by atoms with van der Waals surface area (Å²) in [4.78, 5) is 19.7. The summed E-state index contributed by atoms with van der Waals surface area (Å²) in [6, 6.07) is 7.55. The number of hydrogen-bond donors (Lipinski definition) is 1. The number of para-hydroxylation sites is 2. The number of benzene rings is 1. The quantitative estimate of drug-likeness (QED) is 0.728. The Morgan fingerprint density at radius 1 is 1.24 bits per heavy atom. The van der Waals surface area contributed by atoms with Crippen LogP contribution in [0, 0.1) is 6.92 Å². The number of aromatic nitrogens is 4. The molecule has 2 aromatic heterocycles. The smallest absolute Gasteiger partial charge is 0.277 e. The van der Waals surface area contributed by atoms with Gasteiger partial charge in [-0.1, -0.05) is 23.9 Å². The van der Waals surface area contributed by atoms with E-state index in [-0.39, 0.29) is 16.9 Å². The van der Waals surface area contributed by atoms with Gasteiger partial charge in [-0.3, -0.25) is 4.79 Å². The van der Waals surface area contributed by atoms with Crippen LogP contribution < -0.4 is 5.73 Å². The zero-order chi connectivity index (χ0) is 14.8. The van der Waals surface area contributed by atoms with Gasteiger partial charge in [0.2, 0.25) is 5.91 Å². The fraction of sp³-hybridized carbons (Fsp3) is 0.154. The zero-order valence-electron chi connectivity index (χ0n) is 11.1. The van der Waals surface area contributed by atoms with Crippen molar-refractivity contribution in [1.82, 2.24) is 20.2 Å². The van der Waals surface area contributed by atoms with E-state index in [9.17, 15) is 4.79 Å². The molecular weight excluding hydrogens is 290 g/mol. The van der Waals surface area contributed by atoms with Crippen molar-refractivity contribution in [3.8, 4) is 11.6 Å². The summed E-state index contributed by atoms with van der Waals surface area (Å²) in [7, 11) is 0.